The molecule has 1 aromatic heterocycles. The zero-order valence-corrected chi connectivity index (χ0v) is 16.9. The molecule has 2 N–H and O–H groups in total. The Morgan fingerprint density at radius 3 is 2.56 bits per heavy atom. The van der Waals surface area contributed by atoms with Gasteiger partial charge in [-0.05, 0) is 55.3 Å². The van der Waals surface area contributed by atoms with E-state index in [-0.39, 0.29) is 11.5 Å². The summed E-state index contributed by atoms with van der Waals surface area (Å²) < 4.78 is 28.1. The molecule has 0 aliphatic rings. The predicted octanol–water partition coefficient (Wildman–Crippen LogP) is 5.11. The van der Waals surface area contributed by atoms with E-state index in [1.807, 2.05) is 20.9 Å². The van der Waals surface area contributed by atoms with Crippen LogP contribution in [0.3, 0.4) is 0 Å². The molecule has 0 saturated heterocycles. The van der Waals surface area contributed by atoms with E-state index in [4.69, 9.17) is 0 Å². The molecule has 1 heterocycles. The molecular weight excluding hydrogens is 348 g/mol. The molecule has 1 atom stereocenters. The Hall–Kier alpha value is -1.79. The maximum absolute atomic E-state index is 14.1. The Balaban J connectivity index is 2.43. The van der Waals surface area contributed by atoms with Gasteiger partial charge in [0.05, 0.1) is 18.0 Å². The van der Waals surface area contributed by atoms with Crippen LogP contribution in [-0.2, 0) is 12.5 Å². The monoisotopic (exact) mass is 379 g/mol. The van der Waals surface area contributed by atoms with Crippen LogP contribution in [0.2, 0.25) is 0 Å². The molecule has 2 rings (SSSR count). The number of H-pyrrole nitrogens is 1. The van der Waals surface area contributed by atoms with Crippen LogP contribution in [0.25, 0.3) is 11.1 Å². The van der Waals surface area contributed by atoms with E-state index in [1.165, 1.54) is 12.1 Å². The lowest BCUT2D eigenvalue weighted by atomic mass is 9.92. The highest BCUT2D eigenvalue weighted by Gasteiger charge is 2.27. The van der Waals surface area contributed by atoms with E-state index in [1.54, 1.807) is 12.3 Å². The smallest absolute Gasteiger partial charge is 0.270 e. The van der Waals surface area contributed by atoms with Gasteiger partial charge in [-0.15, -0.1) is 0 Å². The minimum Gasteiger partial charge on any atom is -0.388 e. The van der Waals surface area contributed by atoms with Crippen molar-refractivity contribution in [2.75, 3.05) is 13.6 Å². The first-order valence-electron chi connectivity index (χ1n) is 9.56. The third-order valence-electron chi connectivity index (χ3n) is 4.79. The summed E-state index contributed by atoms with van der Waals surface area (Å²) in [4.78, 5) is 2.18. The SMILES string of the molecule is CCCCN(C)Cc1[nH]ncc1-c1cc(C(O)C(C)C)cc(C(C)(F)F)c1. The van der Waals surface area contributed by atoms with Gasteiger partial charge < -0.3 is 10.0 Å². The molecule has 27 heavy (non-hydrogen) atoms. The molecule has 0 radical (unpaired) electrons. The number of hydrogen-bond donors (Lipinski definition) is 2. The first-order valence-corrected chi connectivity index (χ1v) is 9.56. The van der Waals surface area contributed by atoms with Gasteiger partial charge in [-0.2, -0.15) is 5.10 Å². The number of rotatable bonds is 9. The van der Waals surface area contributed by atoms with Crippen molar-refractivity contribution in [3.8, 4) is 11.1 Å². The number of hydrogen-bond acceptors (Lipinski definition) is 3. The molecule has 4 nitrogen and oxygen atoms in total. The third kappa shape index (κ3) is 5.59. The lowest BCUT2D eigenvalue weighted by molar-refractivity contribution is 0.0171. The highest BCUT2D eigenvalue weighted by atomic mass is 19.3. The number of aliphatic hydroxyl groups is 1. The minimum atomic E-state index is -2.98. The van der Waals surface area contributed by atoms with Crippen molar-refractivity contribution in [2.24, 2.45) is 5.92 Å². The minimum absolute atomic E-state index is 0.0671. The van der Waals surface area contributed by atoms with Crippen molar-refractivity contribution in [3.05, 3.63) is 41.2 Å². The number of alkyl halides is 2. The largest absolute Gasteiger partial charge is 0.388 e. The second-order valence-corrected chi connectivity index (χ2v) is 7.77. The molecular formula is C21H31F2N3O. The van der Waals surface area contributed by atoms with E-state index in [2.05, 4.69) is 22.0 Å². The third-order valence-corrected chi connectivity index (χ3v) is 4.79. The van der Waals surface area contributed by atoms with E-state index in [0.29, 0.717) is 17.7 Å². The van der Waals surface area contributed by atoms with Crippen LogP contribution in [0.4, 0.5) is 8.78 Å². The first kappa shape index (κ1) is 21.5. The maximum Gasteiger partial charge on any atom is 0.270 e. The van der Waals surface area contributed by atoms with Crippen molar-refractivity contribution < 1.29 is 13.9 Å². The number of unbranched alkanes of at least 4 members (excludes halogenated alkanes) is 1. The standard InChI is InChI=1S/C21H31F2N3O/c1-6-7-8-26(5)13-19-18(12-24-25-19)15-9-16(20(27)14(2)3)11-17(10-15)21(4,22)23/h9-12,14,20,27H,6-8,13H2,1-5H3,(H,24,25). The number of aromatic amines is 1. The normalized spacial score (nSPS) is 13.6. The van der Waals surface area contributed by atoms with Crippen LogP contribution in [0.15, 0.2) is 24.4 Å². The second kappa shape index (κ2) is 8.93. The molecule has 0 amide bonds. The van der Waals surface area contributed by atoms with E-state index in [0.717, 1.165) is 37.6 Å². The van der Waals surface area contributed by atoms with E-state index < -0.39 is 12.0 Å². The first-order chi connectivity index (χ1) is 12.6. The zero-order chi connectivity index (χ0) is 20.2. The average molecular weight is 379 g/mol. The molecule has 2 aromatic rings. The van der Waals surface area contributed by atoms with Crippen LogP contribution in [-0.4, -0.2) is 33.8 Å². The van der Waals surface area contributed by atoms with Gasteiger partial charge in [0, 0.05) is 24.6 Å². The zero-order valence-electron chi connectivity index (χ0n) is 16.9. The fourth-order valence-electron chi connectivity index (χ4n) is 3.08. The van der Waals surface area contributed by atoms with Crippen LogP contribution < -0.4 is 0 Å². The molecule has 0 spiro atoms. The Labute approximate surface area is 160 Å². The fourth-order valence-corrected chi connectivity index (χ4v) is 3.08. The number of nitrogens with one attached hydrogen (secondary N) is 1. The number of halogens is 2. The summed E-state index contributed by atoms with van der Waals surface area (Å²) in [7, 11) is 2.03. The predicted molar refractivity (Wildman–Crippen MR) is 105 cm³/mol. The molecule has 1 unspecified atom stereocenters. The van der Waals surface area contributed by atoms with E-state index in [9.17, 15) is 13.9 Å². The van der Waals surface area contributed by atoms with Crippen LogP contribution in [0, 0.1) is 5.92 Å². The van der Waals surface area contributed by atoms with Crippen LogP contribution in [0.1, 0.15) is 63.5 Å². The van der Waals surface area contributed by atoms with Gasteiger partial charge in [0.2, 0.25) is 0 Å². The lowest BCUT2D eigenvalue weighted by Crippen LogP contribution is -2.19. The van der Waals surface area contributed by atoms with Crippen molar-refractivity contribution in [1.29, 1.82) is 0 Å². The summed E-state index contributed by atoms with van der Waals surface area (Å²) in [6, 6.07) is 4.69. The molecule has 150 valence electrons. The molecule has 0 fully saturated rings. The molecule has 0 saturated carbocycles. The quantitative estimate of drug-likeness (QED) is 0.637. The van der Waals surface area contributed by atoms with Crippen molar-refractivity contribution in [3.63, 3.8) is 0 Å². The van der Waals surface area contributed by atoms with Crippen molar-refractivity contribution in [1.82, 2.24) is 15.1 Å². The van der Waals surface area contributed by atoms with Gasteiger partial charge in [0.25, 0.3) is 5.92 Å². The Kier molecular flexibility index (Phi) is 7.12. The molecule has 0 aliphatic heterocycles. The van der Waals surface area contributed by atoms with Crippen LogP contribution in [0.5, 0.6) is 0 Å². The number of aliphatic hydroxyl groups excluding tert-OH is 1. The summed E-state index contributed by atoms with van der Waals surface area (Å²) >= 11 is 0. The van der Waals surface area contributed by atoms with Crippen LogP contribution >= 0.6 is 0 Å². The van der Waals surface area contributed by atoms with Gasteiger partial charge in [-0.1, -0.05) is 27.2 Å². The number of aromatic nitrogens is 2. The van der Waals surface area contributed by atoms with Crippen molar-refractivity contribution in [2.45, 2.75) is 59.1 Å². The Bertz CT molecular complexity index is 737. The van der Waals surface area contributed by atoms with Gasteiger partial charge >= 0.3 is 0 Å². The summed E-state index contributed by atoms with van der Waals surface area (Å²) in [6.45, 7) is 8.38. The summed E-state index contributed by atoms with van der Waals surface area (Å²) in [6.07, 6.45) is 3.09. The van der Waals surface area contributed by atoms with E-state index >= 15 is 0 Å². The summed E-state index contributed by atoms with van der Waals surface area (Å²) in [5.74, 6) is -3.05. The lowest BCUT2D eigenvalue weighted by Gasteiger charge is -2.20. The maximum atomic E-state index is 14.1. The fraction of sp³-hybridized carbons (Fsp3) is 0.571. The highest BCUT2D eigenvalue weighted by molar-refractivity contribution is 5.67. The van der Waals surface area contributed by atoms with Gasteiger partial charge in [-0.25, -0.2) is 8.78 Å². The highest BCUT2D eigenvalue weighted by Crippen LogP contribution is 2.35. The Morgan fingerprint density at radius 1 is 1.26 bits per heavy atom. The van der Waals surface area contributed by atoms with Gasteiger partial charge in [-0.3, -0.25) is 5.10 Å². The average Bonchev–Trinajstić information content (AvgIpc) is 3.06. The molecule has 0 bridgehead atoms. The number of benzene rings is 1. The van der Waals surface area contributed by atoms with Crippen molar-refractivity contribution >= 4 is 0 Å². The summed E-state index contributed by atoms with van der Waals surface area (Å²) in [5, 5.41) is 17.6. The summed E-state index contributed by atoms with van der Waals surface area (Å²) in [5.41, 5.74) is 2.74. The van der Waals surface area contributed by atoms with Gasteiger partial charge in [0.1, 0.15) is 0 Å². The molecule has 0 aliphatic carbocycles. The topological polar surface area (TPSA) is 52.2 Å². The Morgan fingerprint density at radius 2 is 1.96 bits per heavy atom. The molecule has 1 aromatic carbocycles. The number of nitrogens with zero attached hydrogens (tertiary/aromatic N) is 2. The molecule has 6 heteroatoms. The second-order valence-electron chi connectivity index (χ2n) is 7.77. The van der Waals surface area contributed by atoms with Gasteiger partial charge in [0.15, 0.2) is 0 Å².